The number of nitrogens with one attached hydrogen (secondary N) is 1. The summed E-state index contributed by atoms with van der Waals surface area (Å²) in [6.07, 6.45) is -0.766. The van der Waals surface area contributed by atoms with E-state index in [1.165, 1.54) is 20.0 Å². The molecule has 29 heavy (non-hydrogen) atoms. The van der Waals surface area contributed by atoms with Gasteiger partial charge in [0.25, 0.3) is 0 Å². The lowest BCUT2D eigenvalue weighted by Crippen LogP contribution is -2.25. The molecular formula is C19H19ClF3N5O. The van der Waals surface area contributed by atoms with Gasteiger partial charge < -0.3 is 5.32 Å². The second-order valence-corrected chi connectivity index (χ2v) is 6.96. The molecule has 1 amide bonds. The number of hydrogen-bond acceptors (Lipinski definition) is 3. The Morgan fingerprint density at radius 2 is 1.97 bits per heavy atom. The first-order valence-electron chi connectivity index (χ1n) is 8.86. The number of carbonyl (C=O) groups excluding carboxylic acids is 1. The molecule has 2 heterocycles. The van der Waals surface area contributed by atoms with Gasteiger partial charge in [0.05, 0.1) is 22.6 Å². The van der Waals surface area contributed by atoms with Crippen molar-refractivity contribution in [3.63, 3.8) is 0 Å². The van der Waals surface area contributed by atoms with E-state index < -0.39 is 28.8 Å². The lowest BCUT2D eigenvalue weighted by molar-refractivity contribution is -0.141. The smallest absolute Gasteiger partial charge is 0.322 e. The number of alkyl halides is 3. The molecule has 6 nitrogen and oxygen atoms in total. The highest BCUT2D eigenvalue weighted by molar-refractivity contribution is 6.32. The van der Waals surface area contributed by atoms with Crippen LogP contribution in [0.4, 0.5) is 18.9 Å². The van der Waals surface area contributed by atoms with Gasteiger partial charge in [-0.2, -0.15) is 23.4 Å². The molecule has 1 N–H and O–H groups in total. The Morgan fingerprint density at radius 3 is 2.59 bits per heavy atom. The van der Waals surface area contributed by atoms with E-state index in [2.05, 4.69) is 15.5 Å². The van der Waals surface area contributed by atoms with Gasteiger partial charge in [-0.05, 0) is 25.8 Å². The Bertz CT molecular complexity index is 997. The lowest BCUT2D eigenvalue weighted by atomic mass is 10.1. The lowest BCUT2D eigenvalue weighted by Gasteiger charge is -2.13. The van der Waals surface area contributed by atoms with Crippen LogP contribution in [0.1, 0.15) is 29.9 Å². The molecule has 0 saturated carbocycles. The first-order chi connectivity index (χ1) is 13.7. The van der Waals surface area contributed by atoms with Gasteiger partial charge in [0.1, 0.15) is 6.04 Å². The van der Waals surface area contributed by atoms with Crippen molar-refractivity contribution in [1.29, 1.82) is 0 Å². The van der Waals surface area contributed by atoms with Crippen molar-refractivity contribution in [3.8, 4) is 0 Å². The Labute approximate surface area is 170 Å². The number of aromatic nitrogens is 4. The second kappa shape index (κ2) is 8.28. The minimum absolute atomic E-state index is 0.0696. The summed E-state index contributed by atoms with van der Waals surface area (Å²) in [6.45, 7) is 3.46. The Balaban J connectivity index is 1.65. The third kappa shape index (κ3) is 4.79. The Hall–Kier alpha value is -2.81. The van der Waals surface area contributed by atoms with Crippen molar-refractivity contribution in [2.24, 2.45) is 0 Å². The molecule has 0 fully saturated rings. The molecule has 10 heteroatoms. The average Bonchev–Trinajstić information content (AvgIpc) is 3.24. The van der Waals surface area contributed by atoms with Crippen molar-refractivity contribution >= 4 is 23.2 Å². The molecule has 0 aliphatic heterocycles. The minimum Gasteiger partial charge on any atom is -0.322 e. The molecule has 0 saturated heterocycles. The van der Waals surface area contributed by atoms with Crippen LogP contribution in [-0.4, -0.2) is 25.5 Å². The number of halogens is 4. The third-order valence-corrected chi connectivity index (χ3v) is 4.92. The molecule has 0 radical (unpaired) electrons. The van der Waals surface area contributed by atoms with Crippen LogP contribution >= 0.6 is 11.6 Å². The second-order valence-electron chi connectivity index (χ2n) is 6.58. The summed E-state index contributed by atoms with van der Waals surface area (Å²) in [5, 5.41) is 9.82. The van der Waals surface area contributed by atoms with Gasteiger partial charge in [-0.3, -0.25) is 14.2 Å². The van der Waals surface area contributed by atoms with Crippen LogP contribution in [0.3, 0.4) is 0 Å². The molecule has 3 rings (SSSR count). The fraction of sp³-hybridized carbons (Fsp3) is 0.316. The summed E-state index contributed by atoms with van der Waals surface area (Å²) >= 11 is 5.75. The van der Waals surface area contributed by atoms with Crippen LogP contribution in [0.15, 0.2) is 42.7 Å². The molecule has 0 bridgehead atoms. The fourth-order valence-electron chi connectivity index (χ4n) is 2.85. The SMILES string of the molecule is Cc1c(Cl)c(C(F)(F)F)nn1C(C)C(=O)Nc1cnn(CCc2ccccc2)c1. The molecule has 3 aromatic rings. The quantitative estimate of drug-likeness (QED) is 0.632. The zero-order valence-electron chi connectivity index (χ0n) is 15.7. The largest absolute Gasteiger partial charge is 0.436 e. The summed E-state index contributed by atoms with van der Waals surface area (Å²) < 4.78 is 41.6. The predicted octanol–water partition coefficient (Wildman–Crippen LogP) is 4.50. The Kier molecular flexibility index (Phi) is 5.97. The zero-order chi connectivity index (χ0) is 21.2. The number of hydrogen-bond donors (Lipinski definition) is 1. The standard InChI is InChI=1S/C19H19ClF3N5O/c1-12-16(20)17(19(21,22)23)26-28(12)13(2)18(29)25-15-10-24-27(11-15)9-8-14-6-4-3-5-7-14/h3-7,10-11,13H,8-9H2,1-2H3,(H,25,29). The van der Waals surface area contributed by atoms with E-state index in [4.69, 9.17) is 11.6 Å². The van der Waals surface area contributed by atoms with E-state index >= 15 is 0 Å². The molecular weight excluding hydrogens is 407 g/mol. The molecule has 1 aromatic carbocycles. The highest BCUT2D eigenvalue weighted by atomic mass is 35.5. The molecule has 0 aliphatic carbocycles. The third-order valence-electron chi connectivity index (χ3n) is 4.46. The van der Waals surface area contributed by atoms with E-state index in [0.29, 0.717) is 12.2 Å². The van der Waals surface area contributed by atoms with Gasteiger partial charge >= 0.3 is 6.18 Å². The topological polar surface area (TPSA) is 64.7 Å². The summed E-state index contributed by atoms with van der Waals surface area (Å²) in [6, 6.07) is 8.90. The molecule has 0 aliphatic rings. The number of benzene rings is 1. The Morgan fingerprint density at radius 1 is 1.28 bits per heavy atom. The highest BCUT2D eigenvalue weighted by Gasteiger charge is 2.39. The highest BCUT2D eigenvalue weighted by Crippen LogP contribution is 2.36. The van der Waals surface area contributed by atoms with Gasteiger partial charge in [-0.25, -0.2) is 0 Å². The van der Waals surface area contributed by atoms with E-state index in [0.717, 1.165) is 16.7 Å². The van der Waals surface area contributed by atoms with Gasteiger partial charge in [-0.1, -0.05) is 41.9 Å². The van der Waals surface area contributed by atoms with Gasteiger partial charge in [-0.15, -0.1) is 0 Å². The monoisotopic (exact) mass is 425 g/mol. The number of nitrogens with zero attached hydrogens (tertiary/aromatic N) is 4. The summed E-state index contributed by atoms with van der Waals surface area (Å²) in [7, 11) is 0. The first-order valence-corrected chi connectivity index (χ1v) is 9.23. The van der Waals surface area contributed by atoms with Gasteiger partial charge in [0.15, 0.2) is 5.69 Å². The number of amides is 1. The van der Waals surface area contributed by atoms with E-state index in [9.17, 15) is 18.0 Å². The van der Waals surface area contributed by atoms with Crippen LogP contribution in [0.2, 0.25) is 5.02 Å². The van der Waals surface area contributed by atoms with Crippen molar-refractivity contribution in [1.82, 2.24) is 19.6 Å². The van der Waals surface area contributed by atoms with Crippen LogP contribution in [0.25, 0.3) is 0 Å². The first kappa shape index (κ1) is 20.9. The maximum Gasteiger partial charge on any atom is 0.436 e. The average molecular weight is 426 g/mol. The molecule has 2 aromatic heterocycles. The number of anilines is 1. The van der Waals surface area contributed by atoms with Crippen molar-refractivity contribution < 1.29 is 18.0 Å². The maximum absolute atomic E-state index is 13.0. The number of rotatable bonds is 6. The fourth-order valence-corrected chi connectivity index (χ4v) is 3.08. The van der Waals surface area contributed by atoms with E-state index in [-0.39, 0.29) is 5.69 Å². The van der Waals surface area contributed by atoms with Crippen LogP contribution in [0, 0.1) is 6.92 Å². The maximum atomic E-state index is 13.0. The minimum atomic E-state index is -4.69. The van der Waals surface area contributed by atoms with Gasteiger partial charge in [0.2, 0.25) is 5.91 Å². The van der Waals surface area contributed by atoms with Crippen LogP contribution < -0.4 is 5.32 Å². The molecule has 0 spiro atoms. The van der Waals surface area contributed by atoms with Crippen molar-refractivity contribution in [3.05, 3.63) is 64.7 Å². The van der Waals surface area contributed by atoms with E-state index in [1.807, 2.05) is 30.3 Å². The molecule has 1 unspecified atom stereocenters. The zero-order valence-corrected chi connectivity index (χ0v) is 16.5. The van der Waals surface area contributed by atoms with Gasteiger partial charge in [0, 0.05) is 12.7 Å². The molecule has 154 valence electrons. The van der Waals surface area contributed by atoms with Crippen LogP contribution in [-0.2, 0) is 23.9 Å². The summed E-state index contributed by atoms with van der Waals surface area (Å²) in [5.74, 6) is -0.524. The summed E-state index contributed by atoms with van der Waals surface area (Å²) in [5.41, 5.74) is 0.473. The summed E-state index contributed by atoms with van der Waals surface area (Å²) in [4.78, 5) is 12.5. The van der Waals surface area contributed by atoms with E-state index in [1.54, 1.807) is 10.9 Å². The normalized spacial score (nSPS) is 12.8. The number of aryl methyl sites for hydroxylation is 2. The predicted molar refractivity (Wildman–Crippen MR) is 103 cm³/mol. The van der Waals surface area contributed by atoms with Crippen LogP contribution in [0.5, 0.6) is 0 Å². The van der Waals surface area contributed by atoms with Crippen molar-refractivity contribution in [2.75, 3.05) is 5.32 Å². The number of carbonyl (C=O) groups is 1. The molecule has 1 atom stereocenters. The van der Waals surface area contributed by atoms with Crippen molar-refractivity contribution in [2.45, 2.75) is 39.0 Å².